The van der Waals surface area contributed by atoms with Gasteiger partial charge in [0.05, 0.1) is 6.54 Å². The fourth-order valence-electron chi connectivity index (χ4n) is 2.21. The smallest absolute Gasteiger partial charge is 0.242 e. The molecule has 1 aromatic rings. The Labute approximate surface area is 103 Å². The highest BCUT2D eigenvalue weighted by molar-refractivity contribution is 5.82. The highest BCUT2D eigenvalue weighted by atomic mass is 16.2. The van der Waals surface area contributed by atoms with Crippen molar-refractivity contribution in [3.63, 3.8) is 0 Å². The van der Waals surface area contributed by atoms with Crippen LogP contribution in [0.15, 0.2) is 24.3 Å². The van der Waals surface area contributed by atoms with Gasteiger partial charge in [-0.15, -0.1) is 0 Å². The molecule has 1 heterocycles. The van der Waals surface area contributed by atoms with Gasteiger partial charge in [-0.05, 0) is 31.0 Å². The quantitative estimate of drug-likeness (QED) is 0.795. The second-order valence-corrected chi connectivity index (χ2v) is 4.41. The Kier molecular flexibility index (Phi) is 3.67. The van der Waals surface area contributed by atoms with Gasteiger partial charge in [0.15, 0.2) is 0 Å². The Morgan fingerprint density at radius 1 is 1.12 bits per heavy atom. The molecule has 1 aliphatic rings. The van der Waals surface area contributed by atoms with Crippen LogP contribution in [0.2, 0.25) is 0 Å². The predicted octanol–water partition coefficient (Wildman–Crippen LogP) is 1.92. The van der Waals surface area contributed by atoms with E-state index >= 15 is 0 Å². The van der Waals surface area contributed by atoms with Crippen LogP contribution in [0.25, 0.3) is 0 Å². The number of likely N-dealkylation sites (N-methyl/N-ethyl adjacent to an activating group) is 1. The zero-order valence-corrected chi connectivity index (χ0v) is 10.6. The van der Waals surface area contributed by atoms with Gasteiger partial charge in [0, 0.05) is 25.3 Å². The number of benzene rings is 1. The van der Waals surface area contributed by atoms with Crippen molar-refractivity contribution >= 4 is 11.6 Å². The van der Waals surface area contributed by atoms with E-state index in [1.54, 1.807) is 0 Å². The Hall–Kier alpha value is -1.51. The van der Waals surface area contributed by atoms with Gasteiger partial charge < -0.3 is 9.80 Å². The van der Waals surface area contributed by atoms with Crippen molar-refractivity contribution in [2.45, 2.75) is 20.3 Å². The van der Waals surface area contributed by atoms with E-state index in [0.717, 1.165) is 31.7 Å². The zero-order chi connectivity index (χ0) is 12.3. The van der Waals surface area contributed by atoms with Crippen molar-refractivity contribution in [2.24, 2.45) is 0 Å². The van der Waals surface area contributed by atoms with Gasteiger partial charge in [-0.1, -0.05) is 19.1 Å². The Balaban J connectivity index is 2.05. The van der Waals surface area contributed by atoms with E-state index in [1.165, 1.54) is 5.56 Å². The average molecular weight is 232 g/mol. The molecule has 2 rings (SSSR count). The van der Waals surface area contributed by atoms with Gasteiger partial charge in [0.1, 0.15) is 0 Å². The van der Waals surface area contributed by atoms with Gasteiger partial charge in [-0.2, -0.15) is 0 Å². The molecule has 1 amide bonds. The van der Waals surface area contributed by atoms with Crippen molar-refractivity contribution in [3.05, 3.63) is 29.8 Å². The van der Waals surface area contributed by atoms with Crippen molar-refractivity contribution in [3.8, 4) is 0 Å². The lowest BCUT2D eigenvalue weighted by Gasteiger charge is -2.35. The van der Waals surface area contributed by atoms with Gasteiger partial charge >= 0.3 is 0 Å². The average Bonchev–Trinajstić information content (AvgIpc) is 2.39. The number of hydrogen-bond donors (Lipinski definition) is 0. The third kappa shape index (κ3) is 2.60. The largest absolute Gasteiger partial charge is 0.360 e. The molecule has 1 saturated heterocycles. The maximum atomic E-state index is 11.8. The maximum absolute atomic E-state index is 11.8. The number of piperazine rings is 1. The minimum absolute atomic E-state index is 0.235. The van der Waals surface area contributed by atoms with Crippen LogP contribution in [0.3, 0.4) is 0 Å². The van der Waals surface area contributed by atoms with Gasteiger partial charge in [0.25, 0.3) is 0 Å². The van der Waals surface area contributed by atoms with Crippen LogP contribution in [0.5, 0.6) is 0 Å². The second kappa shape index (κ2) is 5.21. The predicted molar refractivity (Wildman–Crippen MR) is 70.3 cm³/mol. The van der Waals surface area contributed by atoms with E-state index in [4.69, 9.17) is 0 Å². The summed E-state index contributed by atoms with van der Waals surface area (Å²) < 4.78 is 0. The lowest BCUT2D eigenvalue weighted by Crippen LogP contribution is -2.50. The zero-order valence-electron chi connectivity index (χ0n) is 10.6. The molecule has 0 aliphatic carbocycles. The van der Waals surface area contributed by atoms with Crippen LogP contribution in [-0.4, -0.2) is 37.0 Å². The van der Waals surface area contributed by atoms with Crippen LogP contribution in [-0.2, 0) is 11.2 Å². The minimum Gasteiger partial charge on any atom is -0.360 e. The van der Waals surface area contributed by atoms with Crippen molar-refractivity contribution in [2.75, 3.05) is 31.1 Å². The number of carbonyl (C=O) groups is 1. The summed E-state index contributed by atoms with van der Waals surface area (Å²) in [6, 6.07) is 8.53. The van der Waals surface area contributed by atoms with Crippen LogP contribution < -0.4 is 4.90 Å². The second-order valence-electron chi connectivity index (χ2n) is 4.41. The number of amides is 1. The highest BCUT2D eigenvalue weighted by Crippen LogP contribution is 2.17. The first-order valence-electron chi connectivity index (χ1n) is 6.36. The summed E-state index contributed by atoms with van der Waals surface area (Å²) in [7, 11) is 0. The topological polar surface area (TPSA) is 23.6 Å². The van der Waals surface area contributed by atoms with E-state index in [-0.39, 0.29) is 5.91 Å². The van der Waals surface area contributed by atoms with E-state index in [1.807, 2.05) is 11.8 Å². The van der Waals surface area contributed by atoms with E-state index < -0.39 is 0 Å². The molecule has 17 heavy (non-hydrogen) atoms. The van der Waals surface area contributed by atoms with E-state index in [2.05, 4.69) is 36.1 Å². The number of rotatable bonds is 3. The first kappa shape index (κ1) is 12.0. The summed E-state index contributed by atoms with van der Waals surface area (Å²) in [4.78, 5) is 15.9. The molecule has 0 atom stereocenters. The SMILES string of the molecule is CCc1ccc(N2CCN(CC)C(=O)C2)cc1. The van der Waals surface area contributed by atoms with Gasteiger partial charge in [0.2, 0.25) is 5.91 Å². The molecule has 1 fully saturated rings. The molecule has 92 valence electrons. The first-order valence-corrected chi connectivity index (χ1v) is 6.36. The fraction of sp³-hybridized carbons (Fsp3) is 0.500. The summed E-state index contributed by atoms with van der Waals surface area (Å²) in [5.41, 5.74) is 2.50. The lowest BCUT2D eigenvalue weighted by atomic mass is 10.1. The molecule has 0 saturated carbocycles. The molecule has 0 N–H and O–H groups in total. The molecule has 3 nitrogen and oxygen atoms in total. The Morgan fingerprint density at radius 3 is 2.35 bits per heavy atom. The van der Waals surface area contributed by atoms with Gasteiger partial charge in [-0.25, -0.2) is 0 Å². The standard InChI is InChI=1S/C14H20N2O/c1-3-12-5-7-13(8-6-12)16-10-9-15(4-2)14(17)11-16/h5-8H,3-4,9-11H2,1-2H3. The minimum atomic E-state index is 0.235. The van der Waals surface area contributed by atoms with Crippen LogP contribution in [0.4, 0.5) is 5.69 Å². The molecular formula is C14H20N2O. The number of nitrogens with zero attached hydrogens (tertiary/aromatic N) is 2. The summed E-state index contributed by atoms with van der Waals surface area (Å²) in [5, 5.41) is 0. The van der Waals surface area contributed by atoms with Crippen LogP contribution in [0.1, 0.15) is 19.4 Å². The molecule has 1 aromatic carbocycles. The normalized spacial score (nSPS) is 16.5. The Bertz CT molecular complexity index is 386. The number of anilines is 1. The lowest BCUT2D eigenvalue weighted by molar-refractivity contribution is -0.130. The Morgan fingerprint density at radius 2 is 1.82 bits per heavy atom. The fourth-order valence-corrected chi connectivity index (χ4v) is 2.21. The number of carbonyl (C=O) groups excluding carboxylic acids is 1. The van der Waals surface area contributed by atoms with Crippen molar-refractivity contribution in [1.29, 1.82) is 0 Å². The monoisotopic (exact) mass is 232 g/mol. The molecule has 1 aliphatic heterocycles. The molecule has 3 heteroatoms. The summed E-state index contributed by atoms with van der Waals surface area (Å²) in [5.74, 6) is 0.235. The summed E-state index contributed by atoms with van der Waals surface area (Å²) in [6.07, 6.45) is 1.06. The third-order valence-corrected chi connectivity index (χ3v) is 3.41. The van der Waals surface area contributed by atoms with Crippen molar-refractivity contribution < 1.29 is 4.79 Å². The summed E-state index contributed by atoms with van der Waals surface area (Å²) >= 11 is 0. The highest BCUT2D eigenvalue weighted by Gasteiger charge is 2.22. The van der Waals surface area contributed by atoms with Crippen LogP contribution >= 0.6 is 0 Å². The molecule has 0 radical (unpaired) electrons. The molecule has 0 spiro atoms. The number of aryl methyl sites for hydroxylation is 1. The summed E-state index contributed by atoms with van der Waals surface area (Å²) in [6.45, 7) is 7.29. The van der Waals surface area contributed by atoms with E-state index in [0.29, 0.717) is 6.54 Å². The molecular weight excluding hydrogens is 212 g/mol. The van der Waals surface area contributed by atoms with Crippen LogP contribution in [0, 0.1) is 0 Å². The van der Waals surface area contributed by atoms with E-state index in [9.17, 15) is 4.79 Å². The molecule has 0 aromatic heterocycles. The molecule has 0 unspecified atom stereocenters. The van der Waals surface area contributed by atoms with Crippen molar-refractivity contribution in [1.82, 2.24) is 4.90 Å². The van der Waals surface area contributed by atoms with Gasteiger partial charge in [-0.3, -0.25) is 4.79 Å². The first-order chi connectivity index (χ1) is 8.24. The molecule has 0 bridgehead atoms. The maximum Gasteiger partial charge on any atom is 0.242 e. The number of hydrogen-bond acceptors (Lipinski definition) is 2. The third-order valence-electron chi connectivity index (χ3n) is 3.41.